The first kappa shape index (κ1) is 25.6. The van der Waals surface area contributed by atoms with Crippen LogP contribution in [0.3, 0.4) is 0 Å². The third-order valence-electron chi connectivity index (χ3n) is 6.26. The van der Waals surface area contributed by atoms with Crippen LogP contribution in [0.2, 0.25) is 0 Å². The Morgan fingerprint density at radius 1 is 0.575 bits per heavy atom. The summed E-state index contributed by atoms with van der Waals surface area (Å²) in [6, 6.07) is 22.6. The average Bonchev–Trinajstić information content (AvgIpc) is 3.80. The van der Waals surface area contributed by atoms with Crippen LogP contribution in [0, 0.1) is 23.7 Å². The van der Waals surface area contributed by atoms with Crippen LogP contribution in [0.4, 0.5) is 0 Å². The number of furan rings is 4. The molecule has 0 saturated heterocycles. The van der Waals surface area contributed by atoms with E-state index < -0.39 is 11.8 Å². The molecule has 0 aromatic carbocycles. The molecular formula is C33H22O5S2. The van der Waals surface area contributed by atoms with Crippen molar-refractivity contribution in [1.82, 2.24) is 0 Å². The molecule has 196 valence electrons. The Bertz CT molecular complexity index is 1640. The molecule has 0 bridgehead atoms. The smallest absolute Gasteiger partial charge is 0.176 e. The summed E-state index contributed by atoms with van der Waals surface area (Å²) in [6.45, 7) is 0. The molecule has 0 fully saturated rings. The Hall–Kier alpha value is -4.69. The van der Waals surface area contributed by atoms with E-state index in [1.54, 1.807) is 37.2 Å². The normalized spacial score (nSPS) is 12.2. The molecule has 6 aromatic heterocycles. The highest BCUT2D eigenvalue weighted by Crippen LogP contribution is 2.37. The van der Waals surface area contributed by atoms with Crippen LogP contribution < -0.4 is 0 Å². The summed E-state index contributed by atoms with van der Waals surface area (Å²) >= 11 is 3.03. The highest BCUT2D eigenvalue weighted by molar-refractivity contribution is 7.13. The maximum atomic E-state index is 14.4. The number of Topliss-reactive ketones (excluding diaryl/α,β-unsaturated/α-hetero) is 1. The minimum Gasteiger partial charge on any atom is -0.469 e. The van der Waals surface area contributed by atoms with Gasteiger partial charge in [0.2, 0.25) is 0 Å². The van der Waals surface area contributed by atoms with Crippen LogP contribution in [0.5, 0.6) is 0 Å². The molecule has 0 spiro atoms. The Balaban J connectivity index is 1.33. The highest BCUT2D eigenvalue weighted by Gasteiger charge is 2.33. The number of rotatable bonds is 8. The lowest BCUT2D eigenvalue weighted by Crippen LogP contribution is -2.23. The summed E-state index contributed by atoms with van der Waals surface area (Å²) in [6.07, 6.45) is 7.36. The van der Waals surface area contributed by atoms with Gasteiger partial charge in [-0.1, -0.05) is 0 Å². The van der Waals surface area contributed by atoms with Gasteiger partial charge in [-0.2, -0.15) is 0 Å². The molecule has 2 unspecified atom stereocenters. The van der Waals surface area contributed by atoms with Gasteiger partial charge in [0.15, 0.2) is 11.5 Å². The van der Waals surface area contributed by atoms with Crippen LogP contribution in [-0.4, -0.2) is 5.78 Å². The third-order valence-corrected chi connectivity index (χ3v) is 8.49. The quantitative estimate of drug-likeness (QED) is 0.176. The molecule has 6 aromatic rings. The van der Waals surface area contributed by atoms with E-state index in [1.807, 2.05) is 60.7 Å². The van der Waals surface area contributed by atoms with Crippen LogP contribution in [0.25, 0.3) is 0 Å². The van der Waals surface area contributed by atoms with E-state index in [9.17, 15) is 4.79 Å². The highest BCUT2D eigenvalue weighted by atomic mass is 32.1. The summed E-state index contributed by atoms with van der Waals surface area (Å²) in [5.74, 6) is 14.3. The maximum absolute atomic E-state index is 14.4. The van der Waals surface area contributed by atoms with E-state index in [2.05, 4.69) is 23.7 Å². The molecule has 0 radical (unpaired) electrons. The standard InChI is InChI=1S/C33H22O5S2/c34-33(29(21-25-7-3-19-37-25)31-15-13-27(39-31)11-9-23-5-1-17-35-23)30(22-26-8-4-20-38-26)32-16-14-28(40-32)12-10-24-6-2-18-36-24/h1-8,13-20,29-30H,21-22H2. The van der Waals surface area contributed by atoms with E-state index in [1.165, 1.54) is 22.7 Å². The topological polar surface area (TPSA) is 69.6 Å². The van der Waals surface area contributed by atoms with Crippen molar-refractivity contribution in [3.8, 4) is 23.7 Å². The maximum Gasteiger partial charge on any atom is 0.176 e. The van der Waals surface area contributed by atoms with Crippen LogP contribution in [0.15, 0.2) is 116 Å². The molecule has 7 heteroatoms. The first-order valence-electron chi connectivity index (χ1n) is 12.6. The Labute approximate surface area is 239 Å². The minimum absolute atomic E-state index is 0.0904. The van der Waals surface area contributed by atoms with Crippen molar-refractivity contribution in [3.63, 3.8) is 0 Å². The molecular weight excluding hydrogens is 540 g/mol. The van der Waals surface area contributed by atoms with Crippen molar-refractivity contribution in [2.45, 2.75) is 24.7 Å². The second-order valence-corrected chi connectivity index (χ2v) is 11.2. The lowest BCUT2D eigenvalue weighted by molar-refractivity contribution is -0.122. The second-order valence-electron chi connectivity index (χ2n) is 8.93. The van der Waals surface area contributed by atoms with Crippen LogP contribution in [-0.2, 0) is 17.6 Å². The van der Waals surface area contributed by atoms with Crippen LogP contribution >= 0.6 is 22.7 Å². The summed E-state index contributed by atoms with van der Waals surface area (Å²) in [7, 11) is 0. The Kier molecular flexibility index (Phi) is 7.68. The fourth-order valence-corrected chi connectivity index (χ4v) is 6.29. The predicted molar refractivity (Wildman–Crippen MR) is 153 cm³/mol. The molecule has 0 N–H and O–H groups in total. The van der Waals surface area contributed by atoms with Crippen molar-refractivity contribution in [2.24, 2.45) is 0 Å². The van der Waals surface area contributed by atoms with Crippen molar-refractivity contribution >= 4 is 28.5 Å². The number of carbonyl (C=O) groups excluding carboxylic acids is 1. The summed E-state index contributed by atoms with van der Waals surface area (Å²) in [4.78, 5) is 18.0. The molecule has 0 aliphatic rings. The summed E-state index contributed by atoms with van der Waals surface area (Å²) < 4.78 is 22.0. The molecule has 0 aliphatic heterocycles. The van der Waals surface area contributed by atoms with E-state index in [-0.39, 0.29) is 5.78 Å². The number of carbonyl (C=O) groups is 1. The fourth-order valence-electron chi connectivity index (χ4n) is 4.35. The molecule has 6 rings (SSSR count). The lowest BCUT2D eigenvalue weighted by atomic mass is 9.85. The van der Waals surface area contributed by atoms with E-state index >= 15 is 0 Å². The van der Waals surface area contributed by atoms with Gasteiger partial charge in [0.05, 0.1) is 46.6 Å². The molecule has 0 saturated carbocycles. The zero-order valence-electron chi connectivity index (χ0n) is 21.2. The van der Waals surface area contributed by atoms with Gasteiger partial charge in [0.25, 0.3) is 0 Å². The Morgan fingerprint density at radius 3 is 1.43 bits per heavy atom. The summed E-state index contributed by atoms with van der Waals surface area (Å²) in [5, 5.41) is 0. The third kappa shape index (κ3) is 6.13. The number of hydrogen-bond acceptors (Lipinski definition) is 7. The van der Waals surface area contributed by atoms with Crippen molar-refractivity contribution in [3.05, 3.63) is 140 Å². The zero-order valence-corrected chi connectivity index (χ0v) is 22.8. The van der Waals surface area contributed by atoms with E-state index in [4.69, 9.17) is 17.7 Å². The fraction of sp³-hybridized carbons (Fsp3) is 0.121. The molecule has 0 amide bonds. The average molecular weight is 563 g/mol. The van der Waals surface area contributed by atoms with E-state index in [0.717, 1.165) is 31.0 Å². The van der Waals surface area contributed by atoms with Gasteiger partial charge in [-0.15, -0.1) is 22.7 Å². The minimum atomic E-state index is -0.421. The molecule has 0 aliphatic carbocycles. The largest absolute Gasteiger partial charge is 0.469 e. The molecule has 5 nitrogen and oxygen atoms in total. The van der Waals surface area contributed by atoms with Gasteiger partial charge in [-0.25, -0.2) is 0 Å². The number of thiophene rings is 2. The predicted octanol–water partition coefficient (Wildman–Crippen LogP) is 7.90. The lowest BCUT2D eigenvalue weighted by Gasteiger charge is -2.20. The SMILES string of the molecule is O=C(C(Cc1ccco1)c1ccc(C#Cc2ccco2)s1)C(Cc1ccco1)c1ccc(C#Cc2ccco2)s1. The monoisotopic (exact) mass is 562 g/mol. The first-order valence-corrected chi connectivity index (χ1v) is 14.2. The first-order chi connectivity index (χ1) is 19.7. The van der Waals surface area contributed by atoms with E-state index in [0.29, 0.717) is 24.4 Å². The van der Waals surface area contributed by atoms with Gasteiger partial charge in [0, 0.05) is 22.6 Å². The summed E-state index contributed by atoms with van der Waals surface area (Å²) in [5.41, 5.74) is 0. The van der Waals surface area contributed by atoms with Gasteiger partial charge in [0.1, 0.15) is 17.3 Å². The molecule has 40 heavy (non-hydrogen) atoms. The molecule has 2 atom stereocenters. The second kappa shape index (κ2) is 12.0. The molecule has 6 heterocycles. The number of ketones is 1. The Morgan fingerprint density at radius 2 is 1.02 bits per heavy atom. The van der Waals surface area contributed by atoms with Crippen LogP contribution in [0.1, 0.15) is 54.4 Å². The number of hydrogen-bond donors (Lipinski definition) is 0. The van der Waals surface area contributed by atoms with Gasteiger partial charge >= 0.3 is 0 Å². The van der Waals surface area contributed by atoms with Gasteiger partial charge < -0.3 is 17.7 Å². The van der Waals surface area contributed by atoms with Crippen molar-refractivity contribution in [2.75, 3.05) is 0 Å². The van der Waals surface area contributed by atoms with Gasteiger partial charge in [-0.3, -0.25) is 4.79 Å². The van der Waals surface area contributed by atoms with Crippen molar-refractivity contribution < 1.29 is 22.5 Å². The van der Waals surface area contributed by atoms with Gasteiger partial charge in [-0.05, 0) is 96.5 Å². The zero-order chi connectivity index (χ0) is 27.1. The van der Waals surface area contributed by atoms with Crippen molar-refractivity contribution in [1.29, 1.82) is 0 Å².